The largest absolute Gasteiger partial charge is 0.497 e. The van der Waals surface area contributed by atoms with Gasteiger partial charge in [0.2, 0.25) is 0 Å². The van der Waals surface area contributed by atoms with Gasteiger partial charge in [-0.25, -0.2) is 0 Å². The molecule has 2 heterocycles. The summed E-state index contributed by atoms with van der Waals surface area (Å²) in [5.41, 5.74) is 0.920. The van der Waals surface area contributed by atoms with E-state index in [4.69, 9.17) is 26.2 Å². The predicted molar refractivity (Wildman–Crippen MR) is 88.5 cm³/mol. The Bertz CT molecular complexity index is 584. The molecule has 1 unspecified atom stereocenters. The SMILES string of the molecule is COc1cc(Cl)cc(N2CCC3(CC2)CC(CC(=O)O)CO3)c1. The molecule has 5 nitrogen and oxygen atoms in total. The predicted octanol–water partition coefficient (Wildman–Crippen LogP) is 3.20. The molecular weight excluding hydrogens is 318 g/mol. The summed E-state index contributed by atoms with van der Waals surface area (Å²) >= 11 is 6.15. The van der Waals surface area contributed by atoms with Crippen LogP contribution in [0.15, 0.2) is 18.2 Å². The minimum atomic E-state index is -0.737. The van der Waals surface area contributed by atoms with Crippen LogP contribution in [-0.2, 0) is 9.53 Å². The zero-order valence-electron chi connectivity index (χ0n) is 13.3. The van der Waals surface area contributed by atoms with Crippen LogP contribution in [0.3, 0.4) is 0 Å². The van der Waals surface area contributed by atoms with Crippen LogP contribution in [0.2, 0.25) is 5.02 Å². The third kappa shape index (κ3) is 3.72. The highest BCUT2D eigenvalue weighted by Crippen LogP contribution is 2.41. The maximum absolute atomic E-state index is 10.9. The first-order valence-electron chi connectivity index (χ1n) is 7.95. The number of carboxylic acids is 1. The van der Waals surface area contributed by atoms with Crippen LogP contribution in [0.1, 0.15) is 25.7 Å². The second kappa shape index (κ2) is 6.57. The molecule has 0 bridgehead atoms. The lowest BCUT2D eigenvalue weighted by Gasteiger charge is -2.40. The fraction of sp³-hybridized carbons (Fsp3) is 0.588. The molecule has 1 atom stereocenters. The zero-order chi connectivity index (χ0) is 16.4. The summed E-state index contributed by atoms with van der Waals surface area (Å²) in [6.45, 7) is 2.32. The number of nitrogens with zero attached hydrogens (tertiary/aromatic N) is 1. The molecule has 0 radical (unpaired) electrons. The Hall–Kier alpha value is -1.46. The third-order valence-corrected chi connectivity index (χ3v) is 5.10. The van der Waals surface area contributed by atoms with E-state index in [-0.39, 0.29) is 17.9 Å². The third-order valence-electron chi connectivity index (χ3n) is 4.88. The average molecular weight is 340 g/mol. The van der Waals surface area contributed by atoms with Crippen molar-refractivity contribution in [3.05, 3.63) is 23.2 Å². The topological polar surface area (TPSA) is 59.0 Å². The molecule has 2 fully saturated rings. The summed E-state index contributed by atoms with van der Waals surface area (Å²) in [5, 5.41) is 9.60. The first-order chi connectivity index (χ1) is 11.0. The van der Waals surface area contributed by atoms with Crippen molar-refractivity contribution in [1.82, 2.24) is 0 Å². The second-order valence-electron chi connectivity index (χ2n) is 6.50. The first-order valence-corrected chi connectivity index (χ1v) is 8.33. The Labute approximate surface area is 141 Å². The molecule has 126 valence electrons. The molecule has 3 rings (SSSR count). The van der Waals surface area contributed by atoms with E-state index in [2.05, 4.69) is 4.90 Å². The van der Waals surface area contributed by atoms with Crippen LogP contribution in [0.5, 0.6) is 5.75 Å². The van der Waals surface area contributed by atoms with Gasteiger partial charge in [-0.3, -0.25) is 4.79 Å². The van der Waals surface area contributed by atoms with E-state index in [1.165, 1.54) is 0 Å². The highest BCUT2D eigenvalue weighted by molar-refractivity contribution is 6.31. The van der Waals surface area contributed by atoms with E-state index in [0.717, 1.165) is 43.8 Å². The van der Waals surface area contributed by atoms with Crippen LogP contribution >= 0.6 is 11.6 Å². The number of hydrogen-bond acceptors (Lipinski definition) is 4. The minimum absolute atomic E-state index is 0.140. The number of aliphatic carboxylic acids is 1. The molecule has 1 spiro atoms. The van der Waals surface area contributed by atoms with Gasteiger partial charge < -0.3 is 19.5 Å². The van der Waals surface area contributed by atoms with Gasteiger partial charge in [-0.05, 0) is 37.3 Å². The number of piperidine rings is 1. The van der Waals surface area contributed by atoms with Gasteiger partial charge in [0.05, 0.1) is 25.7 Å². The van der Waals surface area contributed by atoms with Crippen LogP contribution in [-0.4, -0.2) is 43.5 Å². The monoisotopic (exact) mass is 339 g/mol. The number of anilines is 1. The fourth-order valence-electron chi connectivity index (χ4n) is 3.69. The Morgan fingerprint density at radius 2 is 2.17 bits per heavy atom. The Balaban J connectivity index is 1.63. The molecule has 0 saturated carbocycles. The van der Waals surface area contributed by atoms with E-state index < -0.39 is 5.97 Å². The summed E-state index contributed by atoms with van der Waals surface area (Å²) in [6.07, 6.45) is 2.89. The lowest BCUT2D eigenvalue weighted by Crippen LogP contribution is -2.44. The van der Waals surface area contributed by atoms with Crippen molar-refractivity contribution in [1.29, 1.82) is 0 Å². The summed E-state index contributed by atoms with van der Waals surface area (Å²) in [5.74, 6) is 0.163. The van der Waals surface area contributed by atoms with E-state index >= 15 is 0 Å². The van der Waals surface area contributed by atoms with Crippen LogP contribution < -0.4 is 9.64 Å². The molecule has 2 aliphatic rings. The van der Waals surface area contributed by atoms with Gasteiger partial charge in [0, 0.05) is 29.9 Å². The molecule has 1 aromatic carbocycles. The summed E-state index contributed by atoms with van der Waals surface area (Å²) < 4.78 is 11.3. The number of carbonyl (C=O) groups is 1. The van der Waals surface area contributed by atoms with Gasteiger partial charge in [-0.15, -0.1) is 0 Å². The van der Waals surface area contributed by atoms with Gasteiger partial charge in [0.1, 0.15) is 5.75 Å². The molecule has 1 N–H and O–H groups in total. The van der Waals surface area contributed by atoms with Gasteiger partial charge >= 0.3 is 5.97 Å². The summed E-state index contributed by atoms with van der Waals surface area (Å²) in [6, 6.07) is 5.74. The molecule has 0 aromatic heterocycles. The normalized spacial score (nSPS) is 23.2. The fourth-order valence-corrected chi connectivity index (χ4v) is 3.91. The second-order valence-corrected chi connectivity index (χ2v) is 6.93. The van der Waals surface area contributed by atoms with Crippen molar-refractivity contribution in [3.8, 4) is 5.75 Å². The molecular formula is C17H22ClNO4. The van der Waals surface area contributed by atoms with Crippen molar-refractivity contribution < 1.29 is 19.4 Å². The number of ether oxygens (including phenoxy) is 2. The van der Waals surface area contributed by atoms with Gasteiger partial charge in [-0.1, -0.05) is 11.6 Å². The Morgan fingerprint density at radius 3 is 2.83 bits per heavy atom. The van der Waals surface area contributed by atoms with Crippen molar-refractivity contribution in [2.75, 3.05) is 31.7 Å². The van der Waals surface area contributed by atoms with Crippen molar-refractivity contribution in [2.24, 2.45) is 5.92 Å². The molecule has 2 saturated heterocycles. The molecule has 0 amide bonds. The van der Waals surface area contributed by atoms with Crippen molar-refractivity contribution in [2.45, 2.75) is 31.3 Å². The summed E-state index contributed by atoms with van der Waals surface area (Å²) in [4.78, 5) is 13.2. The van der Waals surface area contributed by atoms with Gasteiger partial charge in [0.25, 0.3) is 0 Å². The molecule has 23 heavy (non-hydrogen) atoms. The van der Waals surface area contributed by atoms with Crippen LogP contribution in [0.25, 0.3) is 0 Å². The number of benzene rings is 1. The van der Waals surface area contributed by atoms with E-state index in [9.17, 15) is 4.79 Å². The highest BCUT2D eigenvalue weighted by Gasteiger charge is 2.43. The number of methoxy groups -OCH3 is 1. The Morgan fingerprint density at radius 1 is 1.43 bits per heavy atom. The van der Waals surface area contributed by atoms with Crippen molar-refractivity contribution in [3.63, 3.8) is 0 Å². The lowest BCUT2D eigenvalue weighted by atomic mass is 9.84. The Kier molecular flexibility index (Phi) is 4.69. The van der Waals surface area contributed by atoms with Gasteiger partial charge in [0.15, 0.2) is 0 Å². The lowest BCUT2D eigenvalue weighted by molar-refractivity contribution is -0.138. The summed E-state index contributed by atoms with van der Waals surface area (Å²) in [7, 11) is 1.63. The number of rotatable bonds is 4. The number of halogens is 1. The number of carboxylic acid groups (broad SMARTS) is 1. The van der Waals surface area contributed by atoms with Crippen molar-refractivity contribution >= 4 is 23.3 Å². The quantitative estimate of drug-likeness (QED) is 0.912. The van der Waals surface area contributed by atoms with Gasteiger partial charge in [-0.2, -0.15) is 0 Å². The molecule has 1 aromatic rings. The standard InChI is InChI=1S/C17H22ClNO4/c1-22-15-8-13(18)7-14(9-15)19-4-2-17(3-5-19)10-12(11-23-17)6-16(20)21/h7-9,12H,2-6,10-11H2,1H3,(H,20,21). The first kappa shape index (κ1) is 16.4. The van der Waals surface area contributed by atoms with E-state index in [1.54, 1.807) is 13.2 Å². The minimum Gasteiger partial charge on any atom is -0.497 e. The maximum Gasteiger partial charge on any atom is 0.303 e. The highest BCUT2D eigenvalue weighted by atomic mass is 35.5. The average Bonchev–Trinajstić information content (AvgIpc) is 2.89. The van der Waals surface area contributed by atoms with E-state index in [1.807, 2.05) is 12.1 Å². The maximum atomic E-state index is 10.9. The smallest absolute Gasteiger partial charge is 0.303 e. The van der Waals surface area contributed by atoms with Crippen LogP contribution in [0.4, 0.5) is 5.69 Å². The zero-order valence-corrected chi connectivity index (χ0v) is 14.0. The molecule has 6 heteroatoms. The number of hydrogen-bond donors (Lipinski definition) is 1. The molecule has 0 aliphatic carbocycles. The molecule has 2 aliphatic heterocycles. The van der Waals surface area contributed by atoms with Crippen LogP contribution in [0, 0.1) is 5.92 Å². The van der Waals surface area contributed by atoms with E-state index in [0.29, 0.717) is 11.6 Å².